The molecule has 0 saturated carbocycles. The van der Waals surface area contributed by atoms with Crippen molar-refractivity contribution in [1.29, 1.82) is 0 Å². The van der Waals surface area contributed by atoms with E-state index in [1.807, 2.05) is 0 Å². The first-order valence-corrected chi connectivity index (χ1v) is 11.5. The summed E-state index contributed by atoms with van der Waals surface area (Å²) in [4.78, 5) is 0. The Hall–Kier alpha value is -0.860. The maximum Gasteiger partial charge on any atom is 0.0180 e. The highest BCUT2D eigenvalue weighted by molar-refractivity contribution is 5.16. The fraction of sp³-hybridized carbons (Fsp3) is 0.760. The molecule has 1 unspecified atom stereocenters. The van der Waals surface area contributed by atoms with Gasteiger partial charge in [0.2, 0.25) is 0 Å². The Bertz CT molecular complexity index is 427. The van der Waals surface area contributed by atoms with Gasteiger partial charge >= 0.3 is 0 Å². The summed E-state index contributed by atoms with van der Waals surface area (Å²) < 4.78 is 0. The molecule has 0 radical (unpaired) electrons. The van der Waals surface area contributed by atoms with Gasteiger partial charge in [-0.2, -0.15) is 0 Å². The number of hydrogen-bond acceptors (Lipinski definition) is 1. The van der Waals surface area contributed by atoms with E-state index in [0.717, 1.165) is 19.3 Å². The SMILES string of the molecule is CCCCCCCCCCCCC(Cc1ccccc1)C(N)(CC)CC.O. The number of rotatable bonds is 16. The Morgan fingerprint density at radius 3 is 1.70 bits per heavy atom. The highest BCUT2D eigenvalue weighted by Crippen LogP contribution is 2.30. The van der Waals surface area contributed by atoms with Crippen LogP contribution in [0.25, 0.3) is 0 Å². The predicted molar refractivity (Wildman–Crippen MR) is 121 cm³/mol. The van der Waals surface area contributed by atoms with E-state index in [9.17, 15) is 0 Å². The van der Waals surface area contributed by atoms with Crippen LogP contribution < -0.4 is 5.73 Å². The van der Waals surface area contributed by atoms with Gasteiger partial charge in [-0.05, 0) is 37.2 Å². The standard InChI is InChI=1S/C25H45N.H2O/c1-4-7-8-9-10-11-12-13-14-18-21-24(25(26,5-2)6-3)22-23-19-16-15-17-20-23;/h15-17,19-20,24H,4-14,18,21-22,26H2,1-3H3;1H2. The fourth-order valence-electron chi connectivity index (χ4n) is 4.20. The molecular formula is C25H47NO. The molecule has 0 saturated heterocycles. The van der Waals surface area contributed by atoms with Gasteiger partial charge in [0.05, 0.1) is 0 Å². The largest absolute Gasteiger partial charge is 0.412 e. The second kappa shape index (κ2) is 16.1. The van der Waals surface area contributed by atoms with Gasteiger partial charge in [-0.25, -0.2) is 0 Å². The third-order valence-electron chi connectivity index (χ3n) is 6.36. The molecule has 0 heterocycles. The van der Waals surface area contributed by atoms with Gasteiger partial charge in [0.1, 0.15) is 0 Å². The Morgan fingerprint density at radius 1 is 0.741 bits per heavy atom. The van der Waals surface area contributed by atoms with Crippen LogP contribution in [-0.4, -0.2) is 11.0 Å². The highest BCUT2D eigenvalue weighted by Gasteiger charge is 2.30. The van der Waals surface area contributed by atoms with Crippen LogP contribution in [0.15, 0.2) is 30.3 Å². The summed E-state index contributed by atoms with van der Waals surface area (Å²) in [6.07, 6.45) is 18.6. The third kappa shape index (κ3) is 10.9. The molecule has 0 amide bonds. The van der Waals surface area contributed by atoms with Crippen molar-refractivity contribution in [3.05, 3.63) is 35.9 Å². The molecule has 0 bridgehead atoms. The molecule has 1 rings (SSSR count). The lowest BCUT2D eigenvalue weighted by Gasteiger charge is -2.36. The number of hydrogen-bond donors (Lipinski definition) is 1. The van der Waals surface area contributed by atoms with Gasteiger partial charge in [0, 0.05) is 5.54 Å². The molecule has 0 aliphatic rings. The van der Waals surface area contributed by atoms with Gasteiger partial charge < -0.3 is 11.2 Å². The lowest BCUT2D eigenvalue weighted by molar-refractivity contribution is 0.229. The third-order valence-corrected chi connectivity index (χ3v) is 6.36. The van der Waals surface area contributed by atoms with Crippen LogP contribution in [0.4, 0.5) is 0 Å². The average molecular weight is 378 g/mol. The molecule has 27 heavy (non-hydrogen) atoms. The highest BCUT2D eigenvalue weighted by atomic mass is 16.0. The van der Waals surface area contributed by atoms with Crippen molar-refractivity contribution in [2.75, 3.05) is 0 Å². The Balaban J connectivity index is 0.00000676. The predicted octanol–water partition coefficient (Wildman–Crippen LogP) is 6.85. The monoisotopic (exact) mass is 377 g/mol. The lowest BCUT2D eigenvalue weighted by Crippen LogP contribution is -2.47. The minimum atomic E-state index is -0.00484. The molecule has 1 aromatic carbocycles. The fourth-order valence-corrected chi connectivity index (χ4v) is 4.20. The van der Waals surface area contributed by atoms with Crippen molar-refractivity contribution >= 4 is 0 Å². The van der Waals surface area contributed by atoms with Crippen LogP contribution in [-0.2, 0) is 6.42 Å². The number of unbranched alkanes of at least 4 members (excludes halogenated alkanes) is 9. The molecule has 1 aromatic rings. The first-order chi connectivity index (χ1) is 12.7. The van der Waals surface area contributed by atoms with Crippen LogP contribution in [0.5, 0.6) is 0 Å². The molecule has 2 nitrogen and oxygen atoms in total. The Labute approximate surface area is 169 Å². The van der Waals surface area contributed by atoms with E-state index >= 15 is 0 Å². The summed E-state index contributed by atoms with van der Waals surface area (Å²) in [5, 5.41) is 0. The lowest BCUT2D eigenvalue weighted by atomic mass is 9.74. The summed E-state index contributed by atoms with van der Waals surface area (Å²) in [5.41, 5.74) is 8.25. The maximum atomic E-state index is 6.81. The molecule has 0 aliphatic carbocycles. The first-order valence-electron chi connectivity index (χ1n) is 11.5. The topological polar surface area (TPSA) is 57.5 Å². The maximum absolute atomic E-state index is 6.81. The van der Waals surface area contributed by atoms with Gasteiger partial charge in [-0.1, -0.05) is 115 Å². The zero-order chi connectivity index (χ0) is 19.1. The Morgan fingerprint density at radius 2 is 1.22 bits per heavy atom. The van der Waals surface area contributed by atoms with Crippen LogP contribution in [0.3, 0.4) is 0 Å². The summed E-state index contributed by atoms with van der Waals surface area (Å²) >= 11 is 0. The second-order valence-corrected chi connectivity index (χ2v) is 8.30. The molecule has 2 heteroatoms. The summed E-state index contributed by atoms with van der Waals surface area (Å²) in [5.74, 6) is 0.606. The molecule has 0 fully saturated rings. The Kier molecular flexibility index (Phi) is 15.6. The van der Waals surface area contributed by atoms with E-state index in [0.29, 0.717) is 5.92 Å². The van der Waals surface area contributed by atoms with Crippen molar-refractivity contribution in [2.24, 2.45) is 11.7 Å². The van der Waals surface area contributed by atoms with Crippen molar-refractivity contribution < 1.29 is 5.48 Å². The molecule has 0 spiro atoms. The van der Waals surface area contributed by atoms with E-state index in [1.54, 1.807) is 0 Å². The van der Waals surface area contributed by atoms with Gasteiger partial charge in [-0.3, -0.25) is 0 Å². The quantitative estimate of drug-likeness (QED) is 0.315. The zero-order valence-electron chi connectivity index (χ0n) is 18.4. The van der Waals surface area contributed by atoms with E-state index in [2.05, 4.69) is 51.1 Å². The zero-order valence-corrected chi connectivity index (χ0v) is 18.4. The summed E-state index contributed by atoms with van der Waals surface area (Å²) in [6.45, 7) is 6.82. The smallest absolute Gasteiger partial charge is 0.0180 e. The number of benzene rings is 1. The normalized spacial score (nSPS) is 12.6. The molecule has 1 atom stereocenters. The molecule has 4 N–H and O–H groups in total. The van der Waals surface area contributed by atoms with Gasteiger partial charge in [0.15, 0.2) is 0 Å². The molecule has 0 aliphatic heterocycles. The van der Waals surface area contributed by atoms with E-state index in [4.69, 9.17) is 5.73 Å². The van der Waals surface area contributed by atoms with Crippen LogP contribution in [0, 0.1) is 5.92 Å². The second-order valence-electron chi connectivity index (χ2n) is 8.30. The van der Waals surface area contributed by atoms with Gasteiger partial charge in [-0.15, -0.1) is 0 Å². The number of nitrogens with two attached hydrogens (primary N) is 1. The van der Waals surface area contributed by atoms with Crippen molar-refractivity contribution in [3.8, 4) is 0 Å². The van der Waals surface area contributed by atoms with E-state index in [1.165, 1.54) is 76.2 Å². The van der Waals surface area contributed by atoms with E-state index < -0.39 is 0 Å². The van der Waals surface area contributed by atoms with Crippen molar-refractivity contribution in [1.82, 2.24) is 0 Å². The van der Waals surface area contributed by atoms with Crippen molar-refractivity contribution in [2.45, 2.75) is 116 Å². The summed E-state index contributed by atoms with van der Waals surface area (Å²) in [7, 11) is 0. The average Bonchev–Trinajstić information content (AvgIpc) is 2.68. The molecule has 158 valence electrons. The van der Waals surface area contributed by atoms with Crippen molar-refractivity contribution in [3.63, 3.8) is 0 Å². The van der Waals surface area contributed by atoms with Crippen LogP contribution in [0.1, 0.15) is 110 Å². The van der Waals surface area contributed by atoms with Gasteiger partial charge in [0.25, 0.3) is 0 Å². The minimum Gasteiger partial charge on any atom is -0.412 e. The molecule has 0 aromatic heterocycles. The molecular weight excluding hydrogens is 330 g/mol. The summed E-state index contributed by atoms with van der Waals surface area (Å²) in [6, 6.07) is 10.9. The minimum absolute atomic E-state index is 0. The first kappa shape index (κ1) is 26.1. The van der Waals surface area contributed by atoms with Crippen LogP contribution in [0.2, 0.25) is 0 Å². The van der Waals surface area contributed by atoms with Crippen LogP contribution >= 0.6 is 0 Å². The van der Waals surface area contributed by atoms with E-state index in [-0.39, 0.29) is 11.0 Å².